The zero-order valence-corrected chi connectivity index (χ0v) is 14.7. The Labute approximate surface area is 146 Å². The molecule has 8 heteroatoms. The Hall–Kier alpha value is -1.86. The molecule has 3 fully saturated rings. The van der Waals surface area contributed by atoms with Crippen LogP contribution in [0.1, 0.15) is 52.4 Å². The normalized spacial score (nSPS) is 42.8. The number of carbonyl (C=O) groups is 2. The lowest BCUT2D eigenvalue weighted by atomic mass is 9.53. The number of hydrogen-bond acceptors (Lipinski definition) is 6. The third-order valence-electron chi connectivity index (χ3n) is 6.91. The Kier molecular flexibility index (Phi) is 4.64. The molecule has 3 rings (SSSR count). The van der Waals surface area contributed by atoms with Gasteiger partial charge in [0, 0.05) is 6.92 Å². The van der Waals surface area contributed by atoms with Gasteiger partial charge in [-0.05, 0) is 61.7 Å². The molecule has 25 heavy (non-hydrogen) atoms. The van der Waals surface area contributed by atoms with Gasteiger partial charge in [-0.1, -0.05) is 6.92 Å². The number of rotatable bonds is 4. The molecular weight excluding hydrogens is 328 g/mol. The molecule has 1 amide bonds. The Morgan fingerprint density at radius 3 is 2.48 bits per heavy atom. The number of carbonyl (C=O) groups excluding carboxylic acids is 2. The Balaban J connectivity index is 1.82. The molecule has 0 spiro atoms. The number of nitrogens with zero attached hydrogens (tertiary/aromatic N) is 1. The SMILES string of the molecule is CC(=O)O[C@@H]1CC[C@@H]2[C@H](CC[C@]3(C)[C@@H](O[N+](=O)[O-])CC[C@@H]23)[C@H]1C(N)=O. The van der Waals surface area contributed by atoms with E-state index >= 15 is 0 Å². The lowest BCUT2D eigenvalue weighted by Crippen LogP contribution is -2.54. The van der Waals surface area contributed by atoms with Crippen LogP contribution in [0.3, 0.4) is 0 Å². The van der Waals surface area contributed by atoms with Gasteiger partial charge in [-0.2, -0.15) is 0 Å². The van der Waals surface area contributed by atoms with Gasteiger partial charge in [0.25, 0.3) is 5.09 Å². The van der Waals surface area contributed by atoms with E-state index < -0.39 is 29.0 Å². The van der Waals surface area contributed by atoms with Gasteiger partial charge in [-0.15, -0.1) is 10.1 Å². The van der Waals surface area contributed by atoms with Gasteiger partial charge in [0.1, 0.15) is 12.2 Å². The van der Waals surface area contributed by atoms with E-state index in [-0.39, 0.29) is 29.3 Å². The number of primary amides is 1. The molecule has 0 aromatic carbocycles. The minimum absolute atomic E-state index is 0.0723. The van der Waals surface area contributed by atoms with Gasteiger partial charge in [0.05, 0.1) is 5.92 Å². The molecule has 3 aliphatic carbocycles. The highest BCUT2D eigenvalue weighted by molar-refractivity contribution is 5.78. The summed E-state index contributed by atoms with van der Waals surface area (Å²) in [6, 6.07) is 0. The number of nitrogens with two attached hydrogens (primary N) is 1. The fourth-order valence-corrected chi connectivity index (χ4v) is 5.96. The van der Waals surface area contributed by atoms with Crippen LogP contribution in [0.15, 0.2) is 0 Å². The van der Waals surface area contributed by atoms with Crippen molar-refractivity contribution in [1.82, 2.24) is 0 Å². The molecule has 0 aliphatic heterocycles. The summed E-state index contributed by atoms with van der Waals surface area (Å²) in [4.78, 5) is 39.3. The maximum Gasteiger partial charge on any atom is 0.302 e. The highest BCUT2D eigenvalue weighted by atomic mass is 17.0. The highest BCUT2D eigenvalue weighted by Crippen LogP contribution is 2.61. The number of hydrogen-bond donors (Lipinski definition) is 1. The molecule has 0 bridgehead atoms. The molecule has 140 valence electrons. The summed E-state index contributed by atoms with van der Waals surface area (Å²) >= 11 is 0. The van der Waals surface area contributed by atoms with Crippen LogP contribution >= 0.6 is 0 Å². The van der Waals surface area contributed by atoms with Crippen molar-refractivity contribution >= 4 is 11.9 Å². The van der Waals surface area contributed by atoms with Crippen LogP contribution in [0.5, 0.6) is 0 Å². The van der Waals surface area contributed by atoms with E-state index in [0.29, 0.717) is 12.8 Å². The monoisotopic (exact) mass is 354 g/mol. The number of amides is 1. The summed E-state index contributed by atoms with van der Waals surface area (Å²) in [5, 5.41) is 10.1. The van der Waals surface area contributed by atoms with Gasteiger partial charge in [0.15, 0.2) is 0 Å². The average molecular weight is 354 g/mol. The molecule has 0 saturated heterocycles. The summed E-state index contributed by atoms with van der Waals surface area (Å²) in [5.41, 5.74) is 5.41. The van der Waals surface area contributed by atoms with Crippen molar-refractivity contribution < 1.29 is 24.3 Å². The maximum absolute atomic E-state index is 12.1. The van der Waals surface area contributed by atoms with Crippen LogP contribution in [0, 0.1) is 39.2 Å². The number of esters is 1. The Morgan fingerprint density at radius 2 is 1.88 bits per heavy atom. The molecule has 3 saturated carbocycles. The molecule has 0 aromatic rings. The zero-order valence-electron chi connectivity index (χ0n) is 14.7. The molecule has 2 N–H and O–H groups in total. The largest absolute Gasteiger partial charge is 0.462 e. The van der Waals surface area contributed by atoms with Crippen LogP contribution < -0.4 is 5.73 Å². The minimum atomic E-state index is -0.686. The minimum Gasteiger partial charge on any atom is -0.462 e. The fraction of sp³-hybridized carbons (Fsp3) is 0.882. The second-order valence-electron chi connectivity index (χ2n) is 8.03. The van der Waals surface area contributed by atoms with Gasteiger partial charge < -0.3 is 15.3 Å². The summed E-state index contributed by atoms with van der Waals surface area (Å²) < 4.78 is 5.37. The van der Waals surface area contributed by atoms with Crippen LogP contribution in [0.4, 0.5) is 0 Å². The lowest BCUT2D eigenvalue weighted by molar-refractivity contribution is -0.772. The van der Waals surface area contributed by atoms with E-state index in [2.05, 4.69) is 6.92 Å². The number of fused-ring (bicyclic) bond motifs is 3. The molecule has 3 aliphatic rings. The topological polar surface area (TPSA) is 122 Å². The summed E-state index contributed by atoms with van der Waals surface area (Å²) in [7, 11) is 0. The van der Waals surface area contributed by atoms with Crippen LogP contribution in [-0.2, 0) is 19.2 Å². The first-order valence-electron chi connectivity index (χ1n) is 9.01. The average Bonchev–Trinajstić information content (AvgIpc) is 2.82. The molecule has 0 radical (unpaired) electrons. The fourth-order valence-electron chi connectivity index (χ4n) is 5.96. The summed E-state index contributed by atoms with van der Waals surface area (Å²) in [6.07, 6.45) is 3.66. The van der Waals surface area contributed by atoms with Crippen molar-refractivity contribution in [2.45, 2.75) is 64.6 Å². The van der Waals surface area contributed by atoms with E-state index in [1.165, 1.54) is 6.92 Å². The van der Waals surface area contributed by atoms with E-state index in [4.69, 9.17) is 15.3 Å². The van der Waals surface area contributed by atoms with E-state index in [0.717, 1.165) is 25.7 Å². The van der Waals surface area contributed by atoms with Crippen molar-refractivity contribution in [2.75, 3.05) is 0 Å². The van der Waals surface area contributed by atoms with Crippen LogP contribution in [0.25, 0.3) is 0 Å². The first-order valence-corrected chi connectivity index (χ1v) is 9.01. The van der Waals surface area contributed by atoms with Gasteiger partial charge in [-0.3, -0.25) is 9.59 Å². The van der Waals surface area contributed by atoms with E-state index in [9.17, 15) is 19.7 Å². The van der Waals surface area contributed by atoms with Gasteiger partial charge in [0.2, 0.25) is 5.91 Å². The lowest BCUT2D eigenvalue weighted by Gasteiger charge is -2.53. The standard InChI is InChI=1S/C17H26N2O6/c1-9(20)24-13-5-3-10-11(15(13)16(18)21)7-8-17(2)12(10)4-6-14(17)25-19(22)23/h10-15H,3-8H2,1-2H3,(H2,18,21)/t10-,11+,12+,13-,14+,15-,17+/m1/s1. The van der Waals surface area contributed by atoms with E-state index in [1.54, 1.807) is 0 Å². The third-order valence-corrected chi connectivity index (χ3v) is 6.91. The van der Waals surface area contributed by atoms with Crippen molar-refractivity contribution in [1.29, 1.82) is 0 Å². The molecule has 0 heterocycles. The maximum atomic E-state index is 12.1. The molecule has 0 aromatic heterocycles. The predicted octanol–water partition coefficient (Wildman–Crippen LogP) is 1.83. The van der Waals surface area contributed by atoms with E-state index in [1.807, 2.05) is 0 Å². The first-order chi connectivity index (χ1) is 11.7. The Morgan fingerprint density at radius 1 is 1.16 bits per heavy atom. The molecule has 8 nitrogen and oxygen atoms in total. The molecule has 7 atom stereocenters. The van der Waals surface area contributed by atoms with Gasteiger partial charge >= 0.3 is 5.97 Å². The number of ether oxygens (including phenoxy) is 1. The Bertz CT molecular complexity index is 581. The molecular formula is C17H26N2O6. The second kappa shape index (κ2) is 6.46. The van der Waals surface area contributed by atoms with Gasteiger partial charge in [-0.25, -0.2) is 0 Å². The first kappa shape index (κ1) is 17.9. The van der Waals surface area contributed by atoms with Crippen molar-refractivity contribution in [3.05, 3.63) is 10.1 Å². The molecule has 0 unspecified atom stereocenters. The van der Waals surface area contributed by atoms with Crippen molar-refractivity contribution in [2.24, 2.45) is 34.8 Å². The van der Waals surface area contributed by atoms with Crippen LogP contribution in [0.2, 0.25) is 0 Å². The highest BCUT2D eigenvalue weighted by Gasteiger charge is 2.59. The smallest absolute Gasteiger partial charge is 0.302 e. The zero-order chi connectivity index (χ0) is 18.4. The second-order valence-corrected chi connectivity index (χ2v) is 8.03. The predicted molar refractivity (Wildman–Crippen MR) is 86.4 cm³/mol. The summed E-state index contributed by atoms with van der Waals surface area (Å²) in [6.45, 7) is 3.42. The van der Waals surface area contributed by atoms with Crippen molar-refractivity contribution in [3.63, 3.8) is 0 Å². The third kappa shape index (κ3) is 3.06. The summed E-state index contributed by atoms with van der Waals surface area (Å²) in [5.74, 6) is -0.665. The van der Waals surface area contributed by atoms with Crippen molar-refractivity contribution in [3.8, 4) is 0 Å². The quantitative estimate of drug-likeness (QED) is 0.467. The van der Waals surface area contributed by atoms with Crippen LogP contribution in [-0.4, -0.2) is 29.2 Å².